The number of nitrogens with one attached hydrogen (secondary N) is 1. The van der Waals surface area contributed by atoms with Crippen LogP contribution in [0.3, 0.4) is 0 Å². The van der Waals surface area contributed by atoms with Crippen molar-refractivity contribution in [1.82, 2.24) is 5.32 Å². The summed E-state index contributed by atoms with van der Waals surface area (Å²) in [6, 6.07) is 8.04. The smallest absolute Gasteiger partial charge is 0.407 e. The number of carbonyl (C=O) groups is 1. The van der Waals surface area contributed by atoms with Crippen molar-refractivity contribution in [1.29, 1.82) is 0 Å². The quantitative estimate of drug-likeness (QED) is 0.896. The van der Waals surface area contributed by atoms with Gasteiger partial charge in [0.2, 0.25) is 0 Å². The first kappa shape index (κ1) is 10.5. The number of alkyl carbamates (subject to hydrolysis) is 1. The van der Waals surface area contributed by atoms with Gasteiger partial charge in [0.25, 0.3) is 0 Å². The van der Waals surface area contributed by atoms with Gasteiger partial charge >= 0.3 is 6.09 Å². The molecule has 1 aliphatic rings. The molecule has 3 nitrogen and oxygen atoms in total. The Balaban J connectivity index is 2.08. The second-order valence-corrected chi connectivity index (χ2v) is 4.91. The van der Waals surface area contributed by atoms with Crippen LogP contribution < -0.4 is 5.32 Å². The van der Waals surface area contributed by atoms with Crippen molar-refractivity contribution in [3.63, 3.8) is 0 Å². The number of ether oxygens (including phenoxy) is 1. The molecule has 1 amide bonds. The molecule has 0 spiro atoms. The fraction of sp³-hybridized carbons (Fsp3) is 0.364. The molecule has 1 aromatic rings. The Kier molecular flexibility index (Phi) is 2.69. The van der Waals surface area contributed by atoms with E-state index in [9.17, 15) is 4.79 Å². The van der Waals surface area contributed by atoms with Crippen molar-refractivity contribution in [3.8, 4) is 0 Å². The third-order valence-electron chi connectivity index (χ3n) is 2.44. The van der Waals surface area contributed by atoms with Gasteiger partial charge in [-0.2, -0.15) is 0 Å². The Bertz CT molecular complexity index is 377. The van der Waals surface area contributed by atoms with Crippen molar-refractivity contribution in [2.75, 3.05) is 6.54 Å². The molecule has 1 unspecified atom stereocenters. The second-order valence-electron chi connectivity index (χ2n) is 4.00. The Labute approximate surface area is 96.9 Å². The maximum Gasteiger partial charge on any atom is 0.407 e. The number of halogens is 1. The van der Waals surface area contributed by atoms with Gasteiger partial charge < -0.3 is 10.1 Å². The van der Waals surface area contributed by atoms with Crippen molar-refractivity contribution >= 4 is 22.0 Å². The predicted molar refractivity (Wildman–Crippen MR) is 60.7 cm³/mol. The first-order chi connectivity index (χ1) is 7.07. The second kappa shape index (κ2) is 3.85. The lowest BCUT2D eigenvalue weighted by Gasteiger charge is -2.20. The number of cyclic esters (lactones) is 1. The normalized spacial score (nSPS) is 24.8. The highest BCUT2D eigenvalue weighted by molar-refractivity contribution is 9.10. The Morgan fingerprint density at radius 3 is 2.67 bits per heavy atom. The molecule has 1 fully saturated rings. The summed E-state index contributed by atoms with van der Waals surface area (Å²) in [6.45, 7) is 2.51. The standard InChI is InChI=1S/C11H12BrNO2/c1-11(7-13-10(14)15-11)6-8-2-4-9(12)5-3-8/h2-5H,6-7H2,1H3,(H,13,14). The average Bonchev–Trinajstić information content (AvgIpc) is 2.50. The lowest BCUT2D eigenvalue weighted by Crippen LogP contribution is -2.31. The Hall–Kier alpha value is -1.03. The van der Waals surface area contributed by atoms with E-state index in [-0.39, 0.29) is 6.09 Å². The minimum Gasteiger partial charge on any atom is -0.441 e. The number of carbonyl (C=O) groups excluding carboxylic acids is 1. The van der Waals surface area contributed by atoms with Gasteiger partial charge in [-0.3, -0.25) is 0 Å². The highest BCUT2D eigenvalue weighted by atomic mass is 79.9. The summed E-state index contributed by atoms with van der Waals surface area (Å²) >= 11 is 3.38. The van der Waals surface area contributed by atoms with E-state index >= 15 is 0 Å². The molecule has 1 aromatic carbocycles. The molecule has 1 heterocycles. The minimum absolute atomic E-state index is 0.324. The molecular weight excluding hydrogens is 258 g/mol. The van der Waals surface area contributed by atoms with Crippen molar-refractivity contribution in [2.45, 2.75) is 18.9 Å². The van der Waals surface area contributed by atoms with E-state index in [1.54, 1.807) is 0 Å². The summed E-state index contributed by atoms with van der Waals surface area (Å²) in [4.78, 5) is 11.0. The topological polar surface area (TPSA) is 38.3 Å². The van der Waals surface area contributed by atoms with Gasteiger partial charge in [0.15, 0.2) is 0 Å². The van der Waals surface area contributed by atoms with Gasteiger partial charge in [-0.1, -0.05) is 28.1 Å². The van der Waals surface area contributed by atoms with E-state index in [0.717, 1.165) is 16.5 Å². The molecule has 2 rings (SSSR count). The zero-order chi connectivity index (χ0) is 10.9. The van der Waals surface area contributed by atoms with Gasteiger partial charge in [-0.25, -0.2) is 4.79 Å². The van der Waals surface area contributed by atoms with Gasteiger partial charge in [0.05, 0.1) is 6.54 Å². The predicted octanol–water partition coefficient (Wildman–Crippen LogP) is 2.49. The van der Waals surface area contributed by atoms with Gasteiger partial charge in [0.1, 0.15) is 5.60 Å². The van der Waals surface area contributed by atoms with Crippen LogP contribution in [-0.2, 0) is 11.2 Å². The summed E-state index contributed by atoms with van der Waals surface area (Å²) in [5.74, 6) is 0. The fourth-order valence-electron chi connectivity index (χ4n) is 1.69. The number of benzene rings is 1. The Morgan fingerprint density at radius 1 is 1.47 bits per heavy atom. The van der Waals surface area contributed by atoms with E-state index in [2.05, 4.69) is 21.2 Å². The molecule has 1 aliphatic heterocycles. The summed E-state index contributed by atoms with van der Waals surface area (Å²) in [7, 11) is 0. The van der Waals surface area contributed by atoms with Crippen molar-refractivity contribution in [3.05, 3.63) is 34.3 Å². The van der Waals surface area contributed by atoms with E-state index < -0.39 is 5.60 Å². The molecule has 0 bridgehead atoms. The molecule has 0 radical (unpaired) electrons. The van der Waals surface area contributed by atoms with Crippen molar-refractivity contribution < 1.29 is 9.53 Å². The maximum absolute atomic E-state index is 11.0. The Morgan fingerprint density at radius 2 is 2.13 bits per heavy atom. The lowest BCUT2D eigenvalue weighted by atomic mass is 9.97. The van der Waals surface area contributed by atoms with Gasteiger partial charge in [-0.05, 0) is 24.6 Å². The van der Waals surface area contributed by atoms with Crippen LogP contribution in [0.5, 0.6) is 0 Å². The molecule has 1 N–H and O–H groups in total. The minimum atomic E-state index is -0.412. The van der Waals surface area contributed by atoms with E-state index in [4.69, 9.17) is 4.74 Å². The molecular formula is C11H12BrNO2. The third-order valence-corrected chi connectivity index (χ3v) is 2.97. The monoisotopic (exact) mass is 269 g/mol. The number of hydrogen-bond acceptors (Lipinski definition) is 2. The fourth-order valence-corrected chi connectivity index (χ4v) is 1.95. The number of amides is 1. The summed E-state index contributed by atoms with van der Waals surface area (Å²) in [6.07, 6.45) is 0.411. The van der Waals surface area contributed by atoms with E-state index in [1.165, 1.54) is 0 Å². The number of hydrogen-bond donors (Lipinski definition) is 1. The van der Waals surface area contributed by atoms with Crippen LogP contribution in [-0.4, -0.2) is 18.2 Å². The van der Waals surface area contributed by atoms with Crippen LogP contribution in [0.1, 0.15) is 12.5 Å². The molecule has 4 heteroatoms. The zero-order valence-corrected chi connectivity index (χ0v) is 10.0. The van der Waals surface area contributed by atoms with Crippen LogP contribution in [0.15, 0.2) is 28.7 Å². The van der Waals surface area contributed by atoms with Crippen LogP contribution in [0.2, 0.25) is 0 Å². The summed E-state index contributed by atoms with van der Waals surface area (Å²) in [5.41, 5.74) is 0.752. The zero-order valence-electron chi connectivity index (χ0n) is 8.42. The molecule has 1 atom stereocenters. The molecule has 0 aliphatic carbocycles. The molecule has 0 saturated carbocycles. The van der Waals surface area contributed by atoms with Gasteiger partial charge in [-0.15, -0.1) is 0 Å². The van der Waals surface area contributed by atoms with Crippen LogP contribution in [0.4, 0.5) is 4.79 Å². The van der Waals surface area contributed by atoms with E-state index in [1.807, 2.05) is 31.2 Å². The SMILES string of the molecule is CC1(Cc2ccc(Br)cc2)CNC(=O)O1. The molecule has 1 saturated heterocycles. The van der Waals surface area contributed by atoms with Crippen molar-refractivity contribution in [2.24, 2.45) is 0 Å². The molecule has 80 valence electrons. The first-order valence-corrected chi connectivity index (χ1v) is 5.58. The van der Waals surface area contributed by atoms with Crippen LogP contribution in [0, 0.1) is 0 Å². The first-order valence-electron chi connectivity index (χ1n) is 4.79. The summed E-state index contributed by atoms with van der Waals surface area (Å²) < 4.78 is 6.27. The maximum atomic E-state index is 11.0. The third kappa shape index (κ3) is 2.50. The number of rotatable bonds is 2. The highest BCUT2D eigenvalue weighted by Crippen LogP contribution is 2.22. The molecule has 15 heavy (non-hydrogen) atoms. The van der Waals surface area contributed by atoms with Crippen LogP contribution >= 0.6 is 15.9 Å². The highest BCUT2D eigenvalue weighted by Gasteiger charge is 2.35. The average molecular weight is 270 g/mol. The lowest BCUT2D eigenvalue weighted by molar-refractivity contribution is 0.0725. The molecule has 0 aromatic heterocycles. The largest absolute Gasteiger partial charge is 0.441 e. The van der Waals surface area contributed by atoms with Crippen LogP contribution in [0.25, 0.3) is 0 Å². The van der Waals surface area contributed by atoms with Gasteiger partial charge in [0, 0.05) is 10.9 Å². The summed E-state index contributed by atoms with van der Waals surface area (Å²) in [5, 5.41) is 2.67. The van der Waals surface area contributed by atoms with E-state index in [0.29, 0.717) is 6.54 Å².